The van der Waals surface area contributed by atoms with E-state index in [9.17, 15) is 4.57 Å². The van der Waals surface area contributed by atoms with Crippen LogP contribution in [0, 0.1) is 0 Å². The molecule has 0 aliphatic heterocycles. The fraction of sp³-hybridized carbons (Fsp3) is 1.00. The summed E-state index contributed by atoms with van der Waals surface area (Å²) in [5.74, 6) is 0. The monoisotopic (exact) mass is 146 g/mol. The van der Waals surface area contributed by atoms with Gasteiger partial charge in [-0.25, -0.2) is 0 Å². The molecule has 0 aliphatic rings. The predicted molar refractivity (Wildman–Crippen MR) is 36.9 cm³/mol. The van der Waals surface area contributed by atoms with Gasteiger partial charge in [0, 0.05) is 0 Å². The highest BCUT2D eigenvalue weighted by molar-refractivity contribution is 7.41. The normalized spacial score (nSPS) is 16.9. The van der Waals surface area contributed by atoms with Crippen molar-refractivity contribution in [3.8, 4) is 0 Å². The van der Waals surface area contributed by atoms with Crippen molar-refractivity contribution in [3.63, 3.8) is 0 Å². The maximum absolute atomic E-state index is 10.4. The van der Waals surface area contributed by atoms with Crippen LogP contribution in [0.4, 0.5) is 0 Å². The molecule has 0 radical (unpaired) electrons. The van der Waals surface area contributed by atoms with Crippen LogP contribution in [0.15, 0.2) is 0 Å². The summed E-state index contributed by atoms with van der Waals surface area (Å²) >= 11 is -0.237. The van der Waals surface area contributed by atoms with Gasteiger partial charge in [0.05, 0.1) is 0 Å². The zero-order valence-corrected chi connectivity index (χ0v) is 7.76. The van der Waals surface area contributed by atoms with Gasteiger partial charge in [0.2, 0.25) is 0 Å². The molecule has 2 nitrogen and oxygen atoms in total. The summed E-state index contributed by atoms with van der Waals surface area (Å²) in [4.78, 5) is 8.59. The lowest BCUT2D eigenvalue weighted by molar-refractivity contribution is 0.498. The van der Waals surface area contributed by atoms with E-state index in [0.29, 0.717) is 0 Å². The molecule has 0 saturated carbocycles. The molecule has 0 heterocycles. The van der Waals surface area contributed by atoms with Gasteiger partial charge in [-0.2, -0.15) is 5.05 Å². The van der Waals surface area contributed by atoms with E-state index in [1.807, 2.05) is 6.92 Å². The molecule has 0 aromatic rings. The fourth-order valence-electron chi connectivity index (χ4n) is 0.638. The van der Waals surface area contributed by atoms with Crippen molar-refractivity contribution in [2.24, 2.45) is 0 Å². The van der Waals surface area contributed by atoms with Crippen LogP contribution in [0.1, 0.15) is 13.3 Å². The van der Waals surface area contributed by atoms with Gasteiger partial charge in [0.25, 0.3) is 0 Å². The van der Waals surface area contributed by atoms with Crippen molar-refractivity contribution in [3.05, 3.63) is 0 Å². The summed E-state index contributed by atoms with van der Waals surface area (Å²) in [7, 11) is -2.16. The van der Waals surface area contributed by atoms with Crippen molar-refractivity contribution >= 4 is 28.4 Å². The molecule has 0 saturated heterocycles. The first-order valence-corrected chi connectivity index (χ1v) is 6.61. The molecule has 0 amide bonds. The third kappa shape index (κ3) is 3.08. The zero-order valence-electron chi connectivity index (χ0n) is 5.35. The van der Waals surface area contributed by atoms with E-state index in [1.165, 1.54) is 0 Å². The van der Waals surface area contributed by atoms with Gasteiger partial charge in [-0.3, -0.25) is 4.57 Å². The Hall–Kier alpha value is 0.956. The van der Waals surface area contributed by atoms with Crippen molar-refractivity contribution in [2.75, 3.05) is 0 Å². The van der Waals surface area contributed by atoms with E-state index >= 15 is 0 Å². The smallest absolute Gasteiger partial charge is 0.348 e. The van der Waals surface area contributed by atoms with E-state index in [0.717, 1.165) is 6.42 Å². The lowest BCUT2D eigenvalue weighted by Crippen LogP contribution is -2.06. The average Bonchev–Trinajstić information content (AvgIpc) is 1.69. The molecule has 8 heavy (non-hydrogen) atoms. The molecule has 0 bridgehead atoms. The third-order valence-electron chi connectivity index (χ3n) is 1.33. The Kier molecular flexibility index (Phi) is 5.37. The summed E-state index contributed by atoms with van der Waals surface area (Å²) in [6, 6.07) is 0. The van der Waals surface area contributed by atoms with Gasteiger partial charge in [0.15, 0.2) is 8.03 Å². The quantitative estimate of drug-likeness (QED) is 0.475. The number of rotatable bonds is 3. The van der Waals surface area contributed by atoms with E-state index in [-0.39, 0.29) is 24.2 Å². The summed E-state index contributed by atoms with van der Waals surface area (Å²) in [6.45, 7) is 1.97. The van der Waals surface area contributed by atoms with E-state index < -0.39 is 8.03 Å². The van der Waals surface area contributed by atoms with Crippen LogP contribution in [-0.4, -0.2) is 29.0 Å². The maximum atomic E-state index is 10.4. The second kappa shape index (κ2) is 4.80. The SMILES string of the molecule is CC[CH]([Mg][CH3])[PH](=O)O. The van der Waals surface area contributed by atoms with Crippen molar-refractivity contribution < 1.29 is 9.46 Å². The molecule has 0 rings (SSSR count). The Morgan fingerprint density at radius 3 is 2.38 bits per heavy atom. The van der Waals surface area contributed by atoms with Crippen LogP contribution >= 0.6 is 8.03 Å². The Morgan fingerprint density at radius 2 is 2.38 bits per heavy atom. The van der Waals surface area contributed by atoms with Gasteiger partial charge < -0.3 is 4.89 Å². The van der Waals surface area contributed by atoms with Gasteiger partial charge in [-0.15, -0.1) is 0 Å². The highest BCUT2D eigenvalue weighted by atomic mass is 31.1. The van der Waals surface area contributed by atoms with Crippen molar-refractivity contribution in [1.82, 2.24) is 0 Å². The molecule has 2 unspecified atom stereocenters. The summed E-state index contributed by atoms with van der Waals surface area (Å²) in [5.41, 5.74) is 0. The lowest BCUT2D eigenvalue weighted by Gasteiger charge is -2.03. The molecule has 0 aliphatic carbocycles. The largest absolute Gasteiger partial charge is 0.379 e. The molecule has 0 aromatic carbocycles. The minimum atomic E-state index is -2.16. The molecular formula is C4H11MgO2P. The molecule has 0 aromatic heterocycles. The highest BCUT2D eigenvalue weighted by Gasteiger charge is 2.09. The van der Waals surface area contributed by atoms with Crippen LogP contribution < -0.4 is 0 Å². The van der Waals surface area contributed by atoms with Crippen LogP contribution in [0.2, 0.25) is 5.05 Å². The first kappa shape index (κ1) is 8.96. The lowest BCUT2D eigenvalue weighted by atomic mass is 10.6. The van der Waals surface area contributed by atoms with Gasteiger partial charge in [-0.05, 0) is 0 Å². The fourth-order valence-corrected chi connectivity index (χ4v) is 2.96. The van der Waals surface area contributed by atoms with Crippen molar-refractivity contribution in [1.29, 1.82) is 0 Å². The summed E-state index contributed by atoms with van der Waals surface area (Å²) in [5, 5.41) is 2.08. The predicted octanol–water partition coefficient (Wildman–Crippen LogP) is 0.942. The number of hydrogen-bond donors (Lipinski definition) is 1. The first-order chi connectivity index (χ1) is 3.72. The van der Waals surface area contributed by atoms with Gasteiger partial charge in [-0.1, -0.05) is 17.1 Å². The molecule has 0 spiro atoms. The minimum absolute atomic E-state index is 0.194. The Morgan fingerprint density at radius 1 is 1.88 bits per heavy atom. The Bertz CT molecular complexity index is 82.1. The Balaban J connectivity index is 3.52. The molecule has 46 valence electrons. The molecule has 4 heteroatoms. The third-order valence-corrected chi connectivity index (χ3v) is 6.28. The summed E-state index contributed by atoms with van der Waals surface area (Å²) in [6.07, 6.45) is 0.886. The van der Waals surface area contributed by atoms with Crippen LogP contribution in [-0.2, 0) is 4.57 Å². The van der Waals surface area contributed by atoms with Crippen molar-refractivity contribution in [2.45, 2.75) is 22.2 Å². The highest BCUT2D eigenvalue weighted by Crippen LogP contribution is 2.23. The van der Waals surface area contributed by atoms with E-state index in [1.54, 1.807) is 0 Å². The van der Waals surface area contributed by atoms with Gasteiger partial charge in [0.1, 0.15) is 0 Å². The number of hydrogen-bond acceptors (Lipinski definition) is 1. The van der Waals surface area contributed by atoms with E-state index in [4.69, 9.17) is 4.89 Å². The summed E-state index contributed by atoms with van der Waals surface area (Å²) < 4.78 is 10.6. The standard InChI is InChI=1S/C3H8O2P.CH3.Mg/c1-2-3-6(4)5;;/h3,6H,2H2,1H3,(H,4,5);1H3;. The van der Waals surface area contributed by atoms with Crippen LogP contribution in [0.25, 0.3) is 0 Å². The first-order valence-electron chi connectivity index (χ1n) is 2.95. The maximum Gasteiger partial charge on any atom is 0.379 e. The van der Waals surface area contributed by atoms with Gasteiger partial charge >= 0.3 is 20.4 Å². The second-order valence-electron chi connectivity index (χ2n) is 1.85. The Labute approximate surface area is 60.3 Å². The second-order valence-corrected chi connectivity index (χ2v) is 5.96. The topological polar surface area (TPSA) is 37.3 Å². The van der Waals surface area contributed by atoms with Crippen LogP contribution in [0.5, 0.6) is 0 Å². The molecule has 1 N–H and O–H groups in total. The zero-order chi connectivity index (χ0) is 6.57. The van der Waals surface area contributed by atoms with E-state index in [2.05, 4.69) is 5.05 Å². The molecule has 2 atom stereocenters. The molecule has 0 fully saturated rings. The minimum Gasteiger partial charge on any atom is -0.348 e. The average molecular weight is 146 g/mol. The van der Waals surface area contributed by atoms with Crippen LogP contribution in [0.3, 0.4) is 0 Å². The molecular weight excluding hydrogens is 135 g/mol.